The van der Waals surface area contributed by atoms with Crippen LogP contribution in [0.15, 0.2) is 24.3 Å². The largest absolute Gasteiger partial charge is 0.388 e. The fourth-order valence-corrected chi connectivity index (χ4v) is 1.70. The van der Waals surface area contributed by atoms with Crippen LogP contribution in [0.25, 0.3) is 0 Å². The van der Waals surface area contributed by atoms with Crippen LogP contribution >= 0.6 is 0 Å². The summed E-state index contributed by atoms with van der Waals surface area (Å²) in [5, 5.41) is 9.82. The highest BCUT2D eigenvalue weighted by Gasteiger charge is 2.10. The van der Waals surface area contributed by atoms with Gasteiger partial charge < -0.3 is 5.11 Å². The monoisotopic (exact) mass is 192 g/mol. The Morgan fingerprint density at radius 3 is 2.43 bits per heavy atom. The third-order valence-corrected chi connectivity index (χ3v) is 2.43. The zero-order chi connectivity index (χ0) is 10.6. The number of aliphatic hydroxyl groups is 1. The molecule has 1 aromatic carbocycles. The standard InChI is InChI=1S/C13H20O/c1-4-13(14)12-8-6-5-7-11(12)9-10(2)3/h5-8,10,13-14H,4,9H2,1-3H3/t13-/m0/s1. The summed E-state index contributed by atoms with van der Waals surface area (Å²) in [5.41, 5.74) is 2.39. The Bertz CT molecular complexity index is 278. The third-order valence-electron chi connectivity index (χ3n) is 2.43. The summed E-state index contributed by atoms with van der Waals surface area (Å²) in [4.78, 5) is 0. The van der Waals surface area contributed by atoms with Crippen LogP contribution in [0.1, 0.15) is 44.4 Å². The number of hydrogen-bond donors (Lipinski definition) is 1. The molecular weight excluding hydrogens is 172 g/mol. The van der Waals surface area contributed by atoms with E-state index in [1.807, 2.05) is 25.1 Å². The number of hydrogen-bond acceptors (Lipinski definition) is 1. The van der Waals surface area contributed by atoms with Crippen molar-refractivity contribution in [2.45, 2.75) is 39.7 Å². The average Bonchev–Trinajstić information content (AvgIpc) is 2.16. The van der Waals surface area contributed by atoms with Gasteiger partial charge in [-0.05, 0) is 29.9 Å². The summed E-state index contributed by atoms with van der Waals surface area (Å²) in [6, 6.07) is 8.20. The van der Waals surface area contributed by atoms with Crippen molar-refractivity contribution in [1.82, 2.24) is 0 Å². The Morgan fingerprint density at radius 2 is 1.86 bits per heavy atom. The lowest BCUT2D eigenvalue weighted by molar-refractivity contribution is 0.172. The van der Waals surface area contributed by atoms with Gasteiger partial charge in [0.05, 0.1) is 6.10 Å². The van der Waals surface area contributed by atoms with E-state index in [-0.39, 0.29) is 6.10 Å². The molecule has 0 fully saturated rings. The summed E-state index contributed by atoms with van der Waals surface area (Å²) in [7, 11) is 0. The summed E-state index contributed by atoms with van der Waals surface area (Å²) >= 11 is 0. The topological polar surface area (TPSA) is 20.2 Å². The van der Waals surface area contributed by atoms with Crippen LogP contribution in [0.2, 0.25) is 0 Å². The summed E-state index contributed by atoms with van der Waals surface area (Å²) in [6.07, 6.45) is 1.53. The van der Waals surface area contributed by atoms with E-state index < -0.39 is 0 Å². The van der Waals surface area contributed by atoms with Crippen LogP contribution in [0.3, 0.4) is 0 Å². The molecule has 0 aliphatic carbocycles. The molecule has 1 rings (SSSR count). The van der Waals surface area contributed by atoms with Crippen LogP contribution in [-0.2, 0) is 6.42 Å². The van der Waals surface area contributed by atoms with Gasteiger partial charge in [-0.25, -0.2) is 0 Å². The van der Waals surface area contributed by atoms with Crippen molar-refractivity contribution in [2.75, 3.05) is 0 Å². The normalized spacial score (nSPS) is 13.2. The molecule has 0 bridgehead atoms. The number of aliphatic hydroxyl groups excluding tert-OH is 1. The van der Waals surface area contributed by atoms with Crippen molar-refractivity contribution in [3.05, 3.63) is 35.4 Å². The van der Waals surface area contributed by atoms with Crippen molar-refractivity contribution in [3.8, 4) is 0 Å². The van der Waals surface area contributed by atoms with Crippen molar-refractivity contribution in [1.29, 1.82) is 0 Å². The molecule has 0 aliphatic heterocycles. The smallest absolute Gasteiger partial charge is 0.0790 e. The highest BCUT2D eigenvalue weighted by molar-refractivity contribution is 5.29. The third kappa shape index (κ3) is 2.85. The molecular formula is C13H20O. The van der Waals surface area contributed by atoms with E-state index in [2.05, 4.69) is 19.9 Å². The van der Waals surface area contributed by atoms with Crippen molar-refractivity contribution < 1.29 is 5.11 Å². The molecule has 1 aromatic rings. The molecule has 1 heteroatoms. The molecule has 78 valence electrons. The van der Waals surface area contributed by atoms with Gasteiger partial charge in [0.25, 0.3) is 0 Å². The maximum atomic E-state index is 9.82. The van der Waals surface area contributed by atoms with Crippen LogP contribution < -0.4 is 0 Å². The Balaban J connectivity index is 2.91. The molecule has 0 spiro atoms. The van der Waals surface area contributed by atoms with E-state index in [1.54, 1.807) is 0 Å². The van der Waals surface area contributed by atoms with Gasteiger partial charge in [-0.3, -0.25) is 0 Å². The lowest BCUT2D eigenvalue weighted by Crippen LogP contribution is -2.03. The second kappa shape index (κ2) is 5.16. The molecule has 0 aromatic heterocycles. The Morgan fingerprint density at radius 1 is 1.21 bits per heavy atom. The number of rotatable bonds is 4. The maximum Gasteiger partial charge on any atom is 0.0790 e. The predicted molar refractivity (Wildman–Crippen MR) is 60.2 cm³/mol. The zero-order valence-electron chi connectivity index (χ0n) is 9.33. The first-order valence-electron chi connectivity index (χ1n) is 5.41. The highest BCUT2D eigenvalue weighted by atomic mass is 16.3. The molecule has 1 nitrogen and oxygen atoms in total. The van der Waals surface area contributed by atoms with Gasteiger partial charge in [0.15, 0.2) is 0 Å². The Kier molecular flexibility index (Phi) is 4.15. The second-order valence-electron chi connectivity index (χ2n) is 4.22. The van der Waals surface area contributed by atoms with E-state index in [1.165, 1.54) is 5.56 Å². The van der Waals surface area contributed by atoms with Crippen LogP contribution in [0.4, 0.5) is 0 Å². The first-order chi connectivity index (χ1) is 6.65. The highest BCUT2D eigenvalue weighted by Crippen LogP contribution is 2.22. The zero-order valence-corrected chi connectivity index (χ0v) is 9.33. The van der Waals surface area contributed by atoms with Crippen molar-refractivity contribution >= 4 is 0 Å². The fourth-order valence-electron chi connectivity index (χ4n) is 1.70. The van der Waals surface area contributed by atoms with Gasteiger partial charge >= 0.3 is 0 Å². The first-order valence-corrected chi connectivity index (χ1v) is 5.41. The fraction of sp³-hybridized carbons (Fsp3) is 0.538. The van der Waals surface area contributed by atoms with Crippen molar-refractivity contribution in [2.24, 2.45) is 5.92 Å². The van der Waals surface area contributed by atoms with Crippen LogP contribution in [0.5, 0.6) is 0 Å². The van der Waals surface area contributed by atoms with Gasteiger partial charge in [0.2, 0.25) is 0 Å². The van der Waals surface area contributed by atoms with Gasteiger partial charge in [-0.15, -0.1) is 0 Å². The lowest BCUT2D eigenvalue weighted by Gasteiger charge is -2.15. The van der Waals surface area contributed by atoms with Crippen molar-refractivity contribution in [3.63, 3.8) is 0 Å². The van der Waals surface area contributed by atoms with Gasteiger partial charge in [0.1, 0.15) is 0 Å². The summed E-state index contributed by atoms with van der Waals surface area (Å²) in [6.45, 7) is 6.42. The minimum absolute atomic E-state index is 0.301. The predicted octanol–water partition coefficient (Wildman–Crippen LogP) is 3.33. The van der Waals surface area contributed by atoms with E-state index in [0.29, 0.717) is 5.92 Å². The van der Waals surface area contributed by atoms with Gasteiger partial charge in [-0.2, -0.15) is 0 Å². The molecule has 0 saturated carbocycles. The SMILES string of the molecule is CC[C@H](O)c1ccccc1CC(C)C. The number of benzene rings is 1. The molecule has 0 amide bonds. The molecule has 0 aliphatic rings. The Labute approximate surface area is 86.8 Å². The molecule has 1 atom stereocenters. The average molecular weight is 192 g/mol. The molecule has 0 radical (unpaired) electrons. The minimum atomic E-state index is -0.301. The van der Waals surface area contributed by atoms with Gasteiger partial charge in [0, 0.05) is 0 Å². The van der Waals surface area contributed by atoms with E-state index in [9.17, 15) is 5.11 Å². The van der Waals surface area contributed by atoms with Crippen LogP contribution in [0, 0.1) is 5.92 Å². The molecule has 0 unspecified atom stereocenters. The Hall–Kier alpha value is -0.820. The summed E-state index contributed by atoms with van der Waals surface area (Å²) < 4.78 is 0. The lowest BCUT2D eigenvalue weighted by atomic mass is 9.94. The molecule has 1 N–H and O–H groups in total. The van der Waals surface area contributed by atoms with E-state index in [4.69, 9.17) is 0 Å². The first kappa shape index (κ1) is 11.3. The van der Waals surface area contributed by atoms with E-state index >= 15 is 0 Å². The molecule has 0 saturated heterocycles. The molecule has 14 heavy (non-hydrogen) atoms. The minimum Gasteiger partial charge on any atom is -0.388 e. The quantitative estimate of drug-likeness (QED) is 0.775. The van der Waals surface area contributed by atoms with E-state index in [0.717, 1.165) is 18.4 Å². The molecule has 0 heterocycles. The maximum absolute atomic E-state index is 9.82. The second-order valence-corrected chi connectivity index (χ2v) is 4.22. The van der Waals surface area contributed by atoms with Gasteiger partial charge in [-0.1, -0.05) is 45.0 Å². The van der Waals surface area contributed by atoms with Crippen LogP contribution in [-0.4, -0.2) is 5.11 Å². The summed E-state index contributed by atoms with van der Waals surface area (Å²) in [5.74, 6) is 0.639.